The topological polar surface area (TPSA) is 0 Å². The zero-order valence-corrected chi connectivity index (χ0v) is 21.1. The fourth-order valence-corrected chi connectivity index (χ4v) is 5.65. The van der Waals surface area contributed by atoms with Gasteiger partial charge in [0.2, 0.25) is 0 Å². The smallest absolute Gasteiger partial charge is 0.0616 e. The summed E-state index contributed by atoms with van der Waals surface area (Å²) in [5.41, 5.74) is 0.775. The molecule has 0 aromatic heterocycles. The average Bonchev–Trinajstić information content (AvgIpc) is 3.16. The van der Waals surface area contributed by atoms with Gasteiger partial charge in [-0.3, -0.25) is 0 Å². The molecule has 0 fully saturated rings. The summed E-state index contributed by atoms with van der Waals surface area (Å²) in [6.45, 7) is 0. The van der Waals surface area contributed by atoms with Gasteiger partial charge in [0.05, 0.1) is 16.4 Å². The second-order valence-electron chi connectivity index (χ2n) is 9.59. The van der Waals surface area contributed by atoms with Crippen molar-refractivity contribution in [3.63, 3.8) is 0 Å². The first kappa shape index (κ1) is 13.7. The Morgan fingerprint density at radius 2 is 0.900 bits per heavy atom. The monoisotopic (exact) mass is 518 g/mol. The number of hydrogen-bond donors (Lipinski definition) is 0. The van der Waals surface area contributed by atoms with Crippen molar-refractivity contribution in [2.24, 2.45) is 0 Å². The van der Waals surface area contributed by atoms with Gasteiger partial charge in [0.1, 0.15) is 0 Å². The third kappa shape index (κ3) is 3.54. The molecule has 0 saturated heterocycles. The van der Waals surface area contributed by atoms with E-state index in [0.29, 0.717) is 16.5 Å². The van der Waals surface area contributed by atoms with Crippen LogP contribution in [0.4, 0.5) is 0 Å². The zero-order valence-electron chi connectivity index (χ0n) is 33.1. The van der Waals surface area contributed by atoms with Crippen molar-refractivity contribution in [2.45, 2.75) is 0 Å². The van der Waals surface area contributed by atoms with Gasteiger partial charge in [0.15, 0.2) is 0 Å². The van der Waals surface area contributed by atoms with Crippen LogP contribution in [-0.4, -0.2) is 0 Å². The van der Waals surface area contributed by atoms with Gasteiger partial charge in [-0.2, -0.15) is 0 Å². The van der Waals surface area contributed by atoms with Crippen LogP contribution in [0.3, 0.4) is 0 Å². The third-order valence-corrected chi connectivity index (χ3v) is 7.41. The SMILES string of the molecule is [2H]c1c([2H])c([2H])c(-c2c3c([2H])c([2H])c([2H])c([2H])c3c(-c3ccc4ccccc4c3)c3c([2H])c([2H])c([2H])c([2H])c23)c(-c2cccc3ccccc23)c1[2H]. The number of benzene rings is 8. The molecule has 0 saturated carbocycles. The van der Waals surface area contributed by atoms with E-state index in [1.807, 2.05) is 60.7 Å². The Morgan fingerprint density at radius 3 is 1.62 bits per heavy atom. The molecule has 0 spiro atoms. The quantitative estimate of drug-likeness (QED) is 0.204. The fraction of sp³-hybridized carbons (Fsp3) is 0. The van der Waals surface area contributed by atoms with Crippen LogP contribution in [0.25, 0.3) is 76.5 Å². The lowest BCUT2D eigenvalue weighted by atomic mass is 9.83. The Kier molecular flexibility index (Phi) is 3.17. The molecule has 40 heavy (non-hydrogen) atoms. The molecule has 0 bridgehead atoms. The maximum Gasteiger partial charge on any atom is 0.0629 e. The Hall–Kier alpha value is -5.20. The fourth-order valence-electron chi connectivity index (χ4n) is 5.65. The number of rotatable bonds is 3. The van der Waals surface area contributed by atoms with E-state index in [9.17, 15) is 8.22 Å². The first-order valence-electron chi connectivity index (χ1n) is 18.9. The minimum atomic E-state index is -0.606. The Balaban J connectivity index is 1.73. The highest BCUT2D eigenvalue weighted by Gasteiger charge is 2.19. The summed E-state index contributed by atoms with van der Waals surface area (Å²) in [4.78, 5) is 0. The summed E-state index contributed by atoms with van der Waals surface area (Å²) in [6.07, 6.45) is 0. The zero-order chi connectivity index (χ0) is 36.9. The summed E-state index contributed by atoms with van der Waals surface area (Å²) in [6, 6.07) is 19.2. The predicted octanol–water partition coefficient (Wildman–Crippen LogP) is 11.3. The molecule has 0 radical (unpaired) electrons. The Labute approximate surface area is 250 Å². The molecule has 0 aliphatic rings. The first-order valence-corrected chi connectivity index (χ1v) is 12.9. The van der Waals surface area contributed by atoms with Crippen LogP contribution in [0.15, 0.2) is 157 Å². The van der Waals surface area contributed by atoms with E-state index in [1.54, 1.807) is 24.3 Å². The van der Waals surface area contributed by atoms with Crippen LogP contribution in [0.1, 0.15) is 16.4 Å². The molecule has 8 aromatic rings. The minimum absolute atomic E-state index is 0.0312. The molecule has 0 heteroatoms. The highest BCUT2D eigenvalue weighted by atomic mass is 14.2. The molecule has 8 aromatic carbocycles. The number of hydrogen-bond acceptors (Lipinski definition) is 0. The first-order chi connectivity index (χ1) is 24.8. The van der Waals surface area contributed by atoms with Crippen LogP contribution in [0.5, 0.6) is 0 Å². The predicted molar refractivity (Wildman–Crippen MR) is 173 cm³/mol. The summed E-state index contributed by atoms with van der Waals surface area (Å²) >= 11 is 0. The van der Waals surface area contributed by atoms with E-state index >= 15 is 0 Å². The van der Waals surface area contributed by atoms with Gasteiger partial charge in [-0.25, -0.2) is 0 Å². The van der Waals surface area contributed by atoms with Gasteiger partial charge < -0.3 is 0 Å². The molecule has 186 valence electrons. The van der Waals surface area contributed by atoms with Crippen LogP contribution in [-0.2, 0) is 0 Å². The van der Waals surface area contributed by atoms with Crippen molar-refractivity contribution in [1.82, 2.24) is 0 Å². The maximum atomic E-state index is 9.39. The highest BCUT2D eigenvalue weighted by Crippen LogP contribution is 2.46. The minimum Gasteiger partial charge on any atom is -0.0616 e. The van der Waals surface area contributed by atoms with E-state index < -0.39 is 72.5 Å². The van der Waals surface area contributed by atoms with Crippen LogP contribution in [0, 0.1) is 0 Å². The third-order valence-electron chi connectivity index (χ3n) is 7.41. The Bertz CT molecular complexity index is 2790. The van der Waals surface area contributed by atoms with Gasteiger partial charge in [0.25, 0.3) is 0 Å². The lowest BCUT2D eigenvalue weighted by Gasteiger charge is -2.20. The molecule has 0 atom stereocenters. The molecule has 0 aliphatic carbocycles. The van der Waals surface area contributed by atoms with Gasteiger partial charge in [-0.05, 0) is 82.5 Å². The largest absolute Gasteiger partial charge is 0.0629 e. The van der Waals surface area contributed by atoms with Gasteiger partial charge in [-0.1, -0.05) is 151 Å². The van der Waals surface area contributed by atoms with Crippen molar-refractivity contribution in [2.75, 3.05) is 0 Å². The summed E-state index contributed by atoms with van der Waals surface area (Å²) in [7, 11) is 0. The second kappa shape index (κ2) is 9.22. The van der Waals surface area contributed by atoms with Crippen molar-refractivity contribution >= 4 is 43.1 Å². The highest BCUT2D eigenvalue weighted by molar-refractivity contribution is 6.23. The van der Waals surface area contributed by atoms with Crippen molar-refractivity contribution in [3.05, 3.63) is 157 Å². The lowest BCUT2D eigenvalue weighted by molar-refractivity contribution is 1.63. The van der Waals surface area contributed by atoms with Gasteiger partial charge in [-0.15, -0.1) is 0 Å². The lowest BCUT2D eigenvalue weighted by Crippen LogP contribution is -1.93. The Morgan fingerprint density at radius 1 is 0.350 bits per heavy atom. The van der Waals surface area contributed by atoms with E-state index in [0.717, 1.165) is 16.2 Å². The summed E-state index contributed by atoms with van der Waals surface area (Å²) < 4.78 is 109. The second-order valence-corrected chi connectivity index (χ2v) is 9.59. The molecule has 0 N–H and O–H groups in total. The van der Waals surface area contributed by atoms with Gasteiger partial charge >= 0.3 is 0 Å². The van der Waals surface area contributed by atoms with E-state index in [4.69, 9.17) is 8.22 Å². The molecule has 0 aliphatic heterocycles. The molecule has 0 heterocycles. The molecule has 0 nitrogen and oxygen atoms in total. The van der Waals surface area contributed by atoms with Gasteiger partial charge in [0, 0.05) is 0 Å². The van der Waals surface area contributed by atoms with Crippen molar-refractivity contribution < 1.29 is 16.4 Å². The van der Waals surface area contributed by atoms with Crippen molar-refractivity contribution in [1.29, 1.82) is 0 Å². The molecule has 8 rings (SSSR count). The summed E-state index contributed by atoms with van der Waals surface area (Å²) in [5, 5.41) is 2.79. The maximum absolute atomic E-state index is 9.39. The molecule has 0 amide bonds. The van der Waals surface area contributed by atoms with Crippen LogP contribution >= 0.6 is 0 Å². The van der Waals surface area contributed by atoms with E-state index in [1.165, 1.54) is 0 Å². The van der Waals surface area contributed by atoms with Crippen LogP contribution in [0.2, 0.25) is 0 Å². The average molecular weight is 519 g/mol. The standard InChI is InChI=1S/C40H26/c1-2-14-29-26-30(25-24-27(29)12-1)39-35-19-7-9-21-37(35)40(38-22-10-8-20-36(38)39)34-18-6-5-17-33(34)32-23-11-15-28-13-3-4-16-31(28)32/h1-26H/i5D,6D,7D,8D,9D,10D,17D,18D,19D,20D,21D,22D. The van der Waals surface area contributed by atoms with E-state index in [-0.39, 0.29) is 43.8 Å². The number of fused-ring (bicyclic) bond motifs is 4. The molecular formula is C40H26. The molecular weight excluding hydrogens is 480 g/mol. The normalized spacial score (nSPS) is 15.7. The summed E-state index contributed by atoms with van der Waals surface area (Å²) in [5.74, 6) is 0. The van der Waals surface area contributed by atoms with Crippen molar-refractivity contribution in [3.8, 4) is 33.4 Å². The molecule has 0 unspecified atom stereocenters. The van der Waals surface area contributed by atoms with Crippen LogP contribution < -0.4 is 0 Å². The van der Waals surface area contributed by atoms with E-state index in [2.05, 4.69) is 0 Å².